The van der Waals surface area contributed by atoms with Crippen LogP contribution in [0.15, 0.2) is 10.5 Å². The Balaban J connectivity index is 0.000001000. The number of nitrogens with zero attached hydrogens (tertiary/aromatic N) is 1. The number of aromatic nitrogens is 1. The number of hydrazine groups is 1. The van der Waals surface area contributed by atoms with Crippen molar-refractivity contribution in [2.45, 2.75) is 0 Å². The van der Waals surface area contributed by atoms with Crippen LogP contribution in [-0.2, 0) is 21.1 Å². The van der Waals surface area contributed by atoms with E-state index in [1.165, 1.54) is 0 Å². The van der Waals surface area contributed by atoms with Gasteiger partial charge in [0, 0.05) is 26.2 Å². The molecule has 60 valence electrons. The molecule has 0 aliphatic rings. The van der Waals surface area contributed by atoms with Crippen LogP contribution in [-0.4, -0.2) is 4.98 Å². The van der Waals surface area contributed by atoms with Crippen LogP contribution in [0.3, 0.4) is 0 Å². The number of nitrogen functional groups attached to an aromatic ring is 1. The minimum atomic E-state index is 0. The summed E-state index contributed by atoms with van der Waals surface area (Å²) < 4.78 is 0.713. The van der Waals surface area contributed by atoms with E-state index >= 15 is 0 Å². The zero-order chi connectivity index (χ0) is 7.56. The Morgan fingerprint density at radius 3 is 2.82 bits per heavy atom. The van der Waals surface area contributed by atoms with Gasteiger partial charge in [-0.2, -0.15) is 0 Å². The Kier molecular flexibility index (Phi) is 5.26. The van der Waals surface area contributed by atoms with Crippen molar-refractivity contribution in [2.75, 3.05) is 5.43 Å². The molecule has 0 unspecified atom stereocenters. The second-order valence-electron chi connectivity index (χ2n) is 1.56. The maximum atomic E-state index is 5.59. The van der Waals surface area contributed by atoms with Gasteiger partial charge in [0.2, 0.25) is 0 Å². The molecule has 1 aromatic rings. The molecule has 0 aromatic carbocycles. The SMILES string of the molecule is NNc1cc(Br)[c-]nc1Cl.[W]. The molecule has 3 nitrogen and oxygen atoms in total. The van der Waals surface area contributed by atoms with Crippen molar-refractivity contribution < 1.29 is 21.1 Å². The van der Waals surface area contributed by atoms with Gasteiger partial charge in [-0.25, -0.2) is 0 Å². The molecule has 0 bridgehead atoms. The second-order valence-corrected chi connectivity index (χ2v) is 2.78. The standard InChI is InChI=1S/C5H4BrClN3.W/c6-3-1-4(10-8)5(7)9-2-3;/h1,10H,8H2;/q-1;. The van der Waals surface area contributed by atoms with Gasteiger partial charge in [0.15, 0.2) is 0 Å². The molecule has 6 heteroatoms. The van der Waals surface area contributed by atoms with Crippen molar-refractivity contribution in [1.82, 2.24) is 4.98 Å². The molecule has 3 N–H and O–H groups in total. The molecular formula is C5H4BrClN3W-. The molecule has 0 aliphatic carbocycles. The fourth-order valence-electron chi connectivity index (χ4n) is 0.482. The van der Waals surface area contributed by atoms with E-state index < -0.39 is 0 Å². The molecule has 1 rings (SSSR count). The number of halogens is 2. The molecule has 1 aromatic heterocycles. The first-order valence-corrected chi connectivity index (χ1v) is 3.61. The number of nitrogens with two attached hydrogens (primary N) is 1. The minimum Gasteiger partial charge on any atom is -0.373 e. The molecule has 0 atom stereocenters. The van der Waals surface area contributed by atoms with Crippen molar-refractivity contribution in [3.8, 4) is 0 Å². The number of anilines is 1. The number of nitrogens with one attached hydrogen (secondary N) is 1. The summed E-state index contributed by atoms with van der Waals surface area (Å²) >= 11 is 8.76. The monoisotopic (exact) mass is 404 g/mol. The Morgan fingerprint density at radius 1 is 1.73 bits per heavy atom. The molecule has 0 aliphatic heterocycles. The zero-order valence-electron chi connectivity index (χ0n) is 5.27. The van der Waals surface area contributed by atoms with Crippen LogP contribution in [0.5, 0.6) is 0 Å². The first kappa shape index (κ1) is 11.4. The van der Waals surface area contributed by atoms with Crippen molar-refractivity contribution in [2.24, 2.45) is 5.84 Å². The van der Waals surface area contributed by atoms with Gasteiger partial charge in [-0.3, -0.25) is 5.84 Å². The van der Waals surface area contributed by atoms with Crippen LogP contribution in [0.1, 0.15) is 0 Å². The Hall–Kier alpha value is 0.368. The number of pyridine rings is 1. The molecule has 0 fully saturated rings. The van der Waals surface area contributed by atoms with E-state index in [-0.39, 0.29) is 21.1 Å². The third-order valence-corrected chi connectivity index (χ3v) is 1.60. The second kappa shape index (κ2) is 5.09. The average molecular weight is 405 g/mol. The third kappa shape index (κ3) is 3.07. The van der Waals surface area contributed by atoms with E-state index in [2.05, 4.69) is 32.5 Å². The fraction of sp³-hybridized carbons (Fsp3) is 0. The van der Waals surface area contributed by atoms with Gasteiger partial charge < -0.3 is 10.4 Å². The first-order valence-electron chi connectivity index (χ1n) is 2.44. The van der Waals surface area contributed by atoms with Gasteiger partial charge in [-0.1, -0.05) is 26.6 Å². The van der Waals surface area contributed by atoms with Crippen LogP contribution < -0.4 is 11.3 Å². The van der Waals surface area contributed by atoms with E-state index in [4.69, 9.17) is 17.4 Å². The number of hydrogen-bond acceptors (Lipinski definition) is 3. The van der Waals surface area contributed by atoms with Crippen molar-refractivity contribution in [3.05, 3.63) is 21.9 Å². The summed E-state index contributed by atoms with van der Waals surface area (Å²) in [6.45, 7) is 0. The zero-order valence-corrected chi connectivity index (χ0v) is 10.5. The molecule has 0 amide bonds. The summed E-state index contributed by atoms with van der Waals surface area (Å²) in [5.41, 5.74) is 2.97. The maximum absolute atomic E-state index is 5.59. The van der Waals surface area contributed by atoms with Gasteiger partial charge in [0.05, 0.1) is 0 Å². The first-order chi connectivity index (χ1) is 4.74. The third-order valence-electron chi connectivity index (χ3n) is 0.910. The van der Waals surface area contributed by atoms with Crippen LogP contribution >= 0.6 is 27.5 Å². The number of hydrogen-bond donors (Lipinski definition) is 2. The Bertz CT molecular complexity index is 245. The maximum Gasteiger partial charge on any atom is 0.0385 e. The predicted molar refractivity (Wildman–Crippen MR) is 43.6 cm³/mol. The summed E-state index contributed by atoms with van der Waals surface area (Å²) in [4.78, 5) is 3.70. The van der Waals surface area contributed by atoms with Gasteiger partial charge in [0.1, 0.15) is 0 Å². The number of rotatable bonds is 1. The molecule has 11 heavy (non-hydrogen) atoms. The van der Waals surface area contributed by atoms with Gasteiger partial charge in [0.25, 0.3) is 0 Å². The summed E-state index contributed by atoms with van der Waals surface area (Å²) in [7, 11) is 0. The Labute approximate surface area is 92.1 Å². The molecule has 1 heterocycles. The molecular weight excluding hydrogens is 401 g/mol. The fourth-order valence-corrected chi connectivity index (χ4v) is 0.951. The summed E-state index contributed by atoms with van der Waals surface area (Å²) in [5.74, 6) is 5.11. The van der Waals surface area contributed by atoms with E-state index in [9.17, 15) is 0 Å². The summed E-state index contributed by atoms with van der Waals surface area (Å²) in [5, 5.41) is 0.311. The van der Waals surface area contributed by atoms with Crippen LogP contribution in [0.2, 0.25) is 5.15 Å². The largest absolute Gasteiger partial charge is 0.373 e. The quantitative estimate of drug-likeness (QED) is 0.323. The molecule has 0 saturated carbocycles. The minimum absolute atomic E-state index is 0. The molecule has 0 spiro atoms. The van der Waals surface area contributed by atoms with E-state index in [1.54, 1.807) is 6.07 Å². The molecule has 0 saturated heterocycles. The van der Waals surface area contributed by atoms with Crippen LogP contribution in [0, 0.1) is 6.20 Å². The van der Waals surface area contributed by atoms with Crippen LogP contribution in [0.4, 0.5) is 5.69 Å². The van der Waals surface area contributed by atoms with Crippen LogP contribution in [0.25, 0.3) is 0 Å². The summed E-state index contributed by atoms with van der Waals surface area (Å²) in [6.07, 6.45) is 2.61. The average Bonchev–Trinajstić information content (AvgIpc) is 1.94. The van der Waals surface area contributed by atoms with Crippen molar-refractivity contribution in [3.63, 3.8) is 0 Å². The van der Waals surface area contributed by atoms with Crippen molar-refractivity contribution >= 4 is 33.2 Å². The van der Waals surface area contributed by atoms with Gasteiger partial charge in [-0.05, 0) is 5.69 Å². The van der Waals surface area contributed by atoms with Crippen molar-refractivity contribution in [1.29, 1.82) is 0 Å². The normalized spacial score (nSPS) is 8.64. The summed E-state index contributed by atoms with van der Waals surface area (Å²) in [6, 6.07) is 1.69. The van der Waals surface area contributed by atoms with Gasteiger partial charge in [-0.15, -0.1) is 17.7 Å². The smallest absolute Gasteiger partial charge is 0.0385 e. The van der Waals surface area contributed by atoms with E-state index in [0.29, 0.717) is 15.3 Å². The van der Waals surface area contributed by atoms with E-state index in [0.717, 1.165) is 0 Å². The molecule has 0 radical (unpaired) electrons. The topological polar surface area (TPSA) is 50.9 Å². The predicted octanol–water partition coefficient (Wildman–Crippen LogP) is 1.58. The Morgan fingerprint density at radius 2 is 2.36 bits per heavy atom. The van der Waals surface area contributed by atoms with E-state index in [1.807, 2.05) is 0 Å². The van der Waals surface area contributed by atoms with Gasteiger partial charge >= 0.3 is 0 Å².